The van der Waals surface area contributed by atoms with E-state index in [2.05, 4.69) is 13.8 Å². The highest BCUT2D eigenvalue weighted by Crippen LogP contribution is 2.46. The maximum Gasteiger partial charge on any atom is 0.101 e. The van der Waals surface area contributed by atoms with Crippen molar-refractivity contribution in [3.05, 3.63) is 21.3 Å². The highest BCUT2D eigenvalue weighted by Gasteiger charge is 2.39. The molecule has 0 aliphatic heterocycles. The van der Waals surface area contributed by atoms with Crippen LogP contribution in [0.3, 0.4) is 0 Å². The zero-order chi connectivity index (χ0) is 11.1. The van der Waals surface area contributed by atoms with Gasteiger partial charge in [-0.05, 0) is 42.5 Å². The lowest BCUT2D eigenvalue weighted by molar-refractivity contribution is -0.0331. The second-order valence-corrected chi connectivity index (χ2v) is 6.31. The van der Waals surface area contributed by atoms with E-state index in [4.69, 9.17) is 11.6 Å². The summed E-state index contributed by atoms with van der Waals surface area (Å²) >= 11 is 7.69. The van der Waals surface area contributed by atoms with Crippen LogP contribution in [0.2, 0.25) is 5.02 Å². The molecule has 0 amide bonds. The van der Waals surface area contributed by atoms with E-state index >= 15 is 0 Å². The molecule has 84 valence electrons. The van der Waals surface area contributed by atoms with Crippen molar-refractivity contribution in [2.75, 3.05) is 0 Å². The van der Waals surface area contributed by atoms with E-state index in [9.17, 15) is 5.11 Å². The zero-order valence-corrected chi connectivity index (χ0v) is 10.7. The summed E-state index contributed by atoms with van der Waals surface area (Å²) in [6, 6.07) is 1.88. The molecule has 15 heavy (non-hydrogen) atoms. The summed E-state index contributed by atoms with van der Waals surface area (Å²) < 4.78 is 0. The molecule has 1 heterocycles. The average molecular weight is 245 g/mol. The molecular formula is C12H17ClOS. The van der Waals surface area contributed by atoms with Crippen LogP contribution in [0.25, 0.3) is 0 Å². The van der Waals surface area contributed by atoms with Gasteiger partial charge in [-0.15, -0.1) is 11.3 Å². The Morgan fingerprint density at radius 3 is 2.47 bits per heavy atom. The highest BCUT2D eigenvalue weighted by atomic mass is 35.5. The molecule has 1 nitrogen and oxygen atoms in total. The van der Waals surface area contributed by atoms with Crippen LogP contribution in [0.1, 0.15) is 38.0 Å². The predicted molar refractivity (Wildman–Crippen MR) is 65.4 cm³/mol. The van der Waals surface area contributed by atoms with Crippen molar-refractivity contribution in [1.29, 1.82) is 0 Å². The van der Waals surface area contributed by atoms with E-state index in [1.54, 1.807) is 11.3 Å². The van der Waals surface area contributed by atoms with Crippen molar-refractivity contribution < 1.29 is 5.11 Å². The molecule has 0 saturated heterocycles. The molecule has 1 saturated carbocycles. The lowest BCUT2D eigenvalue weighted by Crippen LogP contribution is -2.34. The molecule has 2 rings (SSSR count). The van der Waals surface area contributed by atoms with Crippen LogP contribution in [0, 0.1) is 11.8 Å². The number of rotatable bonds is 1. The summed E-state index contributed by atoms with van der Waals surface area (Å²) in [7, 11) is 0. The third-order valence-electron chi connectivity index (χ3n) is 3.22. The van der Waals surface area contributed by atoms with Gasteiger partial charge in [-0.25, -0.2) is 0 Å². The molecule has 0 bridgehead atoms. The van der Waals surface area contributed by atoms with Crippen LogP contribution in [0.4, 0.5) is 0 Å². The lowest BCUT2D eigenvalue weighted by Gasteiger charge is -2.38. The van der Waals surface area contributed by atoms with Crippen molar-refractivity contribution in [3.8, 4) is 0 Å². The molecule has 0 aromatic carbocycles. The maximum atomic E-state index is 10.7. The Morgan fingerprint density at radius 2 is 2.00 bits per heavy atom. The molecule has 1 aliphatic rings. The third-order valence-corrected chi connectivity index (χ3v) is 4.75. The second kappa shape index (κ2) is 4.08. The van der Waals surface area contributed by atoms with Crippen LogP contribution < -0.4 is 0 Å². The first-order valence-corrected chi connectivity index (χ1v) is 6.73. The predicted octanol–water partition coefficient (Wildman–Crippen LogP) is 4.05. The number of hydrogen-bond acceptors (Lipinski definition) is 2. The van der Waals surface area contributed by atoms with Gasteiger partial charge in [-0.3, -0.25) is 0 Å². The molecule has 3 heteroatoms. The minimum Gasteiger partial charge on any atom is -0.384 e. The molecule has 1 aromatic heterocycles. The summed E-state index contributed by atoms with van der Waals surface area (Å²) in [5.41, 5.74) is -0.678. The van der Waals surface area contributed by atoms with E-state index in [1.807, 2.05) is 11.4 Å². The number of aliphatic hydroxyl groups is 1. The van der Waals surface area contributed by atoms with Crippen molar-refractivity contribution in [2.24, 2.45) is 11.8 Å². The van der Waals surface area contributed by atoms with Gasteiger partial charge in [0.05, 0.1) is 9.90 Å². The fraction of sp³-hybridized carbons (Fsp3) is 0.667. The van der Waals surface area contributed by atoms with Crippen LogP contribution in [0.5, 0.6) is 0 Å². The monoisotopic (exact) mass is 244 g/mol. The van der Waals surface area contributed by atoms with Gasteiger partial charge in [0, 0.05) is 0 Å². The van der Waals surface area contributed by atoms with Gasteiger partial charge in [-0.1, -0.05) is 25.4 Å². The minimum absolute atomic E-state index is 0.580. The summed E-state index contributed by atoms with van der Waals surface area (Å²) in [5, 5.41) is 13.4. The zero-order valence-electron chi connectivity index (χ0n) is 9.16. The van der Waals surface area contributed by atoms with Gasteiger partial charge in [0.25, 0.3) is 0 Å². The Morgan fingerprint density at radius 1 is 1.40 bits per heavy atom. The van der Waals surface area contributed by atoms with E-state index in [0.717, 1.165) is 22.7 Å². The number of hydrogen-bond donors (Lipinski definition) is 1. The Labute approximate surface area is 100 Å². The lowest BCUT2D eigenvalue weighted by atomic mass is 9.73. The molecule has 0 radical (unpaired) electrons. The smallest absolute Gasteiger partial charge is 0.101 e. The minimum atomic E-state index is -0.678. The molecular weight excluding hydrogens is 228 g/mol. The molecule has 1 N–H and O–H groups in total. The van der Waals surface area contributed by atoms with Gasteiger partial charge in [-0.2, -0.15) is 0 Å². The molecule has 2 unspecified atom stereocenters. The fourth-order valence-electron chi connectivity index (χ4n) is 2.90. The molecule has 1 fully saturated rings. The van der Waals surface area contributed by atoms with Crippen molar-refractivity contribution in [1.82, 2.24) is 0 Å². The molecule has 1 aromatic rings. The molecule has 1 aliphatic carbocycles. The number of thiophene rings is 1. The largest absolute Gasteiger partial charge is 0.384 e. The Hall–Kier alpha value is -0.0500. The van der Waals surface area contributed by atoms with Gasteiger partial charge in [0.1, 0.15) is 5.60 Å². The first-order chi connectivity index (χ1) is 7.01. The first-order valence-electron chi connectivity index (χ1n) is 5.47. The third kappa shape index (κ3) is 2.22. The summed E-state index contributed by atoms with van der Waals surface area (Å²) in [5.74, 6) is 1.16. The van der Waals surface area contributed by atoms with Crippen LogP contribution in [-0.2, 0) is 5.60 Å². The standard InChI is InChI=1S/C12H17ClOS/c1-8-5-9(2)7-12(14,6-8)11-10(13)3-4-15-11/h3-4,8-9,14H,5-7H2,1-2H3. The fourth-order valence-corrected chi connectivity index (χ4v) is 4.26. The molecule has 2 atom stereocenters. The summed E-state index contributed by atoms with van der Waals surface area (Å²) in [6.45, 7) is 4.42. The van der Waals surface area contributed by atoms with Crippen molar-refractivity contribution in [3.63, 3.8) is 0 Å². The van der Waals surface area contributed by atoms with E-state index in [0.29, 0.717) is 11.8 Å². The topological polar surface area (TPSA) is 20.2 Å². The van der Waals surface area contributed by atoms with Crippen molar-refractivity contribution >= 4 is 22.9 Å². The first kappa shape index (κ1) is 11.4. The SMILES string of the molecule is CC1CC(C)CC(O)(c2sccc2Cl)C1. The molecule has 0 spiro atoms. The van der Waals surface area contributed by atoms with Gasteiger partial charge >= 0.3 is 0 Å². The Kier molecular flexibility index (Phi) is 3.11. The summed E-state index contributed by atoms with van der Waals surface area (Å²) in [6.07, 6.45) is 2.90. The van der Waals surface area contributed by atoms with Crippen LogP contribution in [0.15, 0.2) is 11.4 Å². The van der Waals surface area contributed by atoms with Gasteiger partial charge < -0.3 is 5.11 Å². The van der Waals surface area contributed by atoms with E-state index in [-0.39, 0.29) is 0 Å². The quantitative estimate of drug-likeness (QED) is 0.791. The Balaban J connectivity index is 2.29. The average Bonchev–Trinajstić information content (AvgIpc) is 2.48. The van der Waals surface area contributed by atoms with Crippen LogP contribution >= 0.6 is 22.9 Å². The number of halogens is 1. The van der Waals surface area contributed by atoms with Gasteiger partial charge in [0.2, 0.25) is 0 Å². The van der Waals surface area contributed by atoms with Crippen LogP contribution in [-0.4, -0.2) is 5.11 Å². The van der Waals surface area contributed by atoms with E-state index in [1.165, 1.54) is 6.42 Å². The maximum absolute atomic E-state index is 10.7. The summed E-state index contributed by atoms with van der Waals surface area (Å²) in [4.78, 5) is 0.961. The van der Waals surface area contributed by atoms with Gasteiger partial charge in [0.15, 0.2) is 0 Å². The Bertz CT molecular complexity index is 337. The highest BCUT2D eigenvalue weighted by molar-refractivity contribution is 7.10. The second-order valence-electron chi connectivity index (χ2n) is 4.98. The normalized spacial score (nSPS) is 36.8. The van der Waals surface area contributed by atoms with Crippen molar-refractivity contribution in [2.45, 2.75) is 38.7 Å². The van der Waals surface area contributed by atoms with E-state index < -0.39 is 5.60 Å².